The van der Waals surface area contributed by atoms with Crippen LogP contribution in [0.3, 0.4) is 0 Å². The molecule has 0 bridgehead atoms. The fraction of sp³-hybridized carbons (Fsp3) is 0.348. The van der Waals surface area contributed by atoms with Crippen molar-refractivity contribution in [2.45, 2.75) is 50.5 Å². The number of rotatable bonds is 4. The lowest BCUT2D eigenvalue weighted by Gasteiger charge is -2.31. The molecule has 134 valence electrons. The third-order valence-corrected chi connectivity index (χ3v) is 5.83. The van der Waals surface area contributed by atoms with E-state index in [2.05, 4.69) is 46.0 Å². The first kappa shape index (κ1) is 17.3. The maximum absolute atomic E-state index is 9.76. The second-order valence-electron chi connectivity index (χ2n) is 7.42. The molecule has 0 amide bonds. The molecular formula is C23H22N4. The van der Waals surface area contributed by atoms with Crippen molar-refractivity contribution in [2.75, 3.05) is 0 Å². The molecule has 4 nitrogen and oxygen atoms in total. The Morgan fingerprint density at radius 2 is 1.78 bits per heavy atom. The van der Waals surface area contributed by atoms with Gasteiger partial charge in [0.2, 0.25) is 0 Å². The molecule has 0 radical (unpaired) electrons. The van der Waals surface area contributed by atoms with Crippen molar-refractivity contribution in [3.05, 3.63) is 65.5 Å². The third kappa shape index (κ3) is 3.20. The lowest BCUT2D eigenvalue weighted by molar-refractivity contribution is 0.366. The maximum atomic E-state index is 9.76. The minimum atomic E-state index is -0.293. The van der Waals surface area contributed by atoms with E-state index >= 15 is 0 Å². The van der Waals surface area contributed by atoms with E-state index in [9.17, 15) is 10.5 Å². The molecule has 0 unspecified atom stereocenters. The fourth-order valence-corrected chi connectivity index (χ4v) is 4.25. The van der Waals surface area contributed by atoms with E-state index in [0.717, 1.165) is 55.2 Å². The van der Waals surface area contributed by atoms with Crippen LogP contribution in [-0.4, -0.2) is 9.55 Å². The van der Waals surface area contributed by atoms with E-state index in [0.29, 0.717) is 5.56 Å². The molecule has 27 heavy (non-hydrogen) atoms. The third-order valence-electron chi connectivity index (χ3n) is 5.83. The molecule has 0 atom stereocenters. The number of hydrogen-bond donors (Lipinski definition) is 0. The van der Waals surface area contributed by atoms with Gasteiger partial charge in [0.05, 0.1) is 34.4 Å². The summed E-state index contributed by atoms with van der Waals surface area (Å²) in [6, 6.07) is 19.1. The Balaban J connectivity index is 1.52. The van der Waals surface area contributed by atoms with Crippen LogP contribution in [0.4, 0.5) is 0 Å². The molecule has 0 saturated heterocycles. The van der Waals surface area contributed by atoms with Gasteiger partial charge in [-0.15, -0.1) is 0 Å². The number of aryl methyl sites for hydroxylation is 2. The molecule has 0 spiro atoms. The van der Waals surface area contributed by atoms with Gasteiger partial charge in [-0.2, -0.15) is 10.5 Å². The van der Waals surface area contributed by atoms with Gasteiger partial charge in [0.1, 0.15) is 6.07 Å². The minimum Gasteiger partial charge on any atom is -0.329 e. The number of hydrogen-bond acceptors (Lipinski definition) is 3. The smallest absolute Gasteiger partial charge is 0.101 e. The lowest BCUT2D eigenvalue weighted by Crippen LogP contribution is -2.27. The van der Waals surface area contributed by atoms with Crippen molar-refractivity contribution in [1.29, 1.82) is 10.5 Å². The van der Waals surface area contributed by atoms with Gasteiger partial charge in [-0.1, -0.05) is 49.6 Å². The zero-order chi connectivity index (χ0) is 18.7. The van der Waals surface area contributed by atoms with E-state index < -0.39 is 0 Å². The van der Waals surface area contributed by atoms with Gasteiger partial charge < -0.3 is 4.57 Å². The molecule has 2 aromatic carbocycles. The summed E-state index contributed by atoms with van der Waals surface area (Å²) in [4.78, 5) is 4.41. The van der Waals surface area contributed by atoms with Crippen LogP contribution >= 0.6 is 0 Å². The predicted molar refractivity (Wildman–Crippen MR) is 105 cm³/mol. The van der Waals surface area contributed by atoms with Crippen LogP contribution in [0.15, 0.2) is 48.8 Å². The summed E-state index contributed by atoms with van der Waals surface area (Å²) in [5, 5.41) is 19.1. The summed E-state index contributed by atoms with van der Waals surface area (Å²) in [5.41, 5.74) is 4.53. The molecule has 1 aromatic heterocycles. The van der Waals surface area contributed by atoms with Crippen LogP contribution in [0.1, 0.15) is 48.8 Å². The van der Waals surface area contributed by atoms with Gasteiger partial charge >= 0.3 is 0 Å². The Labute approximate surface area is 159 Å². The highest BCUT2D eigenvalue weighted by atomic mass is 15.0. The van der Waals surface area contributed by atoms with Crippen molar-refractivity contribution in [2.24, 2.45) is 0 Å². The molecule has 3 aromatic rings. The Hall–Kier alpha value is -3.11. The zero-order valence-corrected chi connectivity index (χ0v) is 15.4. The molecule has 1 fully saturated rings. The summed E-state index contributed by atoms with van der Waals surface area (Å²) >= 11 is 0. The van der Waals surface area contributed by atoms with Gasteiger partial charge in [0.15, 0.2) is 0 Å². The molecule has 1 aliphatic carbocycles. The van der Waals surface area contributed by atoms with Gasteiger partial charge in [0.25, 0.3) is 0 Å². The van der Waals surface area contributed by atoms with Crippen molar-refractivity contribution in [3.8, 4) is 12.1 Å². The number of nitriles is 2. The Bertz CT molecular complexity index is 1020. The largest absolute Gasteiger partial charge is 0.329 e. The van der Waals surface area contributed by atoms with Crippen molar-refractivity contribution < 1.29 is 0 Å². The van der Waals surface area contributed by atoms with Crippen LogP contribution < -0.4 is 0 Å². The zero-order valence-electron chi connectivity index (χ0n) is 15.4. The summed E-state index contributed by atoms with van der Waals surface area (Å²) in [6.45, 7) is 0.776. The minimum absolute atomic E-state index is 0.293. The summed E-state index contributed by atoms with van der Waals surface area (Å²) < 4.78 is 2.06. The Morgan fingerprint density at radius 1 is 1.00 bits per heavy atom. The monoisotopic (exact) mass is 354 g/mol. The number of fused-ring (bicyclic) bond motifs is 1. The molecular weight excluding hydrogens is 332 g/mol. The molecule has 4 heteroatoms. The van der Waals surface area contributed by atoms with E-state index in [-0.39, 0.29) is 5.41 Å². The summed E-state index contributed by atoms with van der Waals surface area (Å²) in [5.74, 6) is 0. The van der Waals surface area contributed by atoms with Crippen LogP contribution in [0, 0.1) is 22.7 Å². The van der Waals surface area contributed by atoms with Gasteiger partial charge in [-0.3, -0.25) is 0 Å². The topological polar surface area (TPSA) is 65.4 Å². The maximum Gasteiger partial charge on any atom is 0.101 e. The normalized spacial score (nSPS) is 15.9. The van der Waals surface area contributed by atoms with Crippen molar-refractivity contribution >= 4 is 11.0 Å². The molecule has 0 N–H and O–H groups in total. The fourth-order valence-electron chi connectivity index (χ4n) is 4.25. The standard InChI is InChI=1S/C23H22N4/c24-15-19-5-4-6-21-22(19)27(17-26-21)14-11-18-7-9-20(10-8-18)23(16-25)12-2-1-3-13-23/h4-10,17H,1-3,11-14H2. The van der Waals surface area contributed by atoms with E-state index in [4.69, 9.17) is 0 Å². The van der Waals surface area contributed by atoms with E-state index in [1.807, 2.05) is 24.5 Å². The number of para-hydroxylation sites is 1. The Morgan fingerprint density at radius 3 is 2.48 bits per heavy atom. The highest BCUT2D eigenvalue weighted by Crippen LogP contribution is 2.38. The van der Waals surface area contributed by atoms with Crippen molar-refractivity contribution in [3.63, 3.8) is 0 Å². The molecule has 4 rings (SSSR count). The van der Waals surface area contributed by atoms with Crippen LogP contribution in [0.5, 0.6) is 0 Å². The van der Waals surface area contributed by atoms with E-state index in [1.54, 1.807) is 0 Å². The first-order valence-corrected chi connectivity index (χ1v) is 9.60. The van der Waals surface area contributed by atoms with Crippen LogP contribution in [-0.2, 0) is 18.4 Å². The van der Waals surface area contributed by atoms with Crippen LogP contribution in [0.25, 0.3) is 11.0 Å². The average Bonchev–Trinajstić information content (AvgIpc) is 3.16. The SMILES string of the molecule is N#Cc1cccc2ncn(CCc3ccc(C4(C#N)CCCCC4)cc3)c12. The highest BCUT2D eigenvalue weighted by molar-refractivity contribution is 5.81. The first-order valence-electron chi connectivity index (χ1n) is 9.60. The molecule has 1 aliphatic rings. The highest BCUT2D eigenvalue weighted by Gasteiger charge is 2.33. The lowest BCUT2D eigenvalue weighted by atomic mass is 9.70. The predicted octanol–water partition coefficient (Wildman–Crippen LogP) is 4.88. The second-order valence-corrected chi connectivity index (χ2v) is 7.42. The van der Waals surface area contributed by atoms with E-state index in [1.165, 1.54) is 12.0 Å². The average molecular weight is 354 g/mol. The number of aromatic nitrogens is 2. The van der Waals surface area contributed by atoms with Gasteiger partial charge in [0, 0.05) is 6.54 Å². The van der Waals surface area contributed by atoms with Gasteiger partial charge in [-0.25, -0.2) is 4.98 Å². The van der Waals surface area contributed by atoms with Gasteiger partial charge in [-0.05, 0) is 42.5 Å². The van der Waals surface area contributed by atoms with Crippen LogP contribution in [0.2, 0.25) is 0 Å². The molecule has 1 saturated carbocycles. The number of nitrogens with zero attached hydrogens (tertiary/aromatic N) is 4. The number of imidazole rings is 1. The van der Waals surface area contributed by atoms with Crippen molar-refractivity contribution in [1.82, 2.24) is 9.55 Å². The summed E-state index contributed by atoms with van der Waals surface area (Å²) in [6.07, 6.45) is 8.15. The molecule has 0 aliphatic heterocycles. The first-order chi connectivity index (χ1) is 13.3. The molecule has 1 heterocycles. The Kier molecular flexibility index (Phi) is 4.65. The second kappa shape index (κ2) is 7.25. The quantitative estimate of drug-likeness (QED) is 0.671. The summed E-state index contributed by atoms with van der Waals surface area (Å²) in [7, 11) is 0. The number of benzene rings is 2.